The van der Waals surface area contributed by atoms with Gasteiger partial charge in [0.2, 0.25) is 5.96 Å². The Bertz CT molecular complexity index is 3470. The SMILES string of the molecule is COC(=O)[C@@H](CCCN=C(N)N)CS(=O)(=O)c1cc(F)c(Oc2ccc(F)cc2)c(F)c1.COC(=O)[C@@H](CCCN=C(N)NS(=O)(=O)c1cc(C)c2c(c1C)CCC(C)(C)O2)CS(=O)(=O)c1cc(F)c(Oc2ccc(F)cc2)c(F)c1. The van der Waals surface area contributed by atoms with Gasteiger partial charge < -0.3 is 40.9 Å². The second-order valence-electron chi connectivity index (χ2n) is 19.0. The molecule has 19 nitrogen and oxygen atoms in total. The smallest absolute Gasteiger partial charge is 0.309 e. The molecule has 1 aliphatic heterocycles. The van der Waals surface area contributed by atoms with Crippen LogP contribution >= 0.6 is 0 Å². The van der Waals surface area contributed by atoms with Crippen molar-refractivity contribution >= 4 is 53.6 Å². The Morgan fingerprint density at radius 2 is 1.06 bits per heavy atom. The van der Waals surface area contributed by atoms with Crippen LogP contribution in [-0.4, -0.2) is 93.5 Å². The number of hydrogen-bond acceptors (Lipinski definition) is 15. The summed E-state index contributed by atoms with van der Waals surface area (Å²) in [4.78, 5) is 30.9. The highest BCUT2D eigenvalue weighted by Crippen LogP contribution is 2.40. The zero-order chi connectivity index (χ0) is 60.2. The fraction of sp³-hybridized carbons (Fsp3) is 0.358. The number of fused-ring (bicyclic) bond motifs is 1. The molecule has 0 saturated carbocycles. The van der Waals surface area contributed by atoms with Crippen LogP contribution in [0.4, 0.5) is 26.3 Å². The monoisotopic (exact) mass is 1200 g/mol. The Labute approximate surface area is 464 Å². The van der Waals surface area contributed by atoms with Crippen LogP contribution in [0.3, 0.4) is 0 Å². The fourth-order valence-corrected chi connectivity index (χ4v) is 12.7. The maximum atomic E-state index is 14.8. The number of aliphatic imine (C=N–C) groups is 2. The Morgan fingerprint density at radius 1 is 0.654 bits per heavy atom. The molecule has 5 aromatic carbocycles. The van der Waals surface area contributed by atoms with E-state index in [-0.39, 0.29) is 66.7 Å². The predicted octanol–water partition coefficient (Wildman–Crippen LogP) is 7.77. The Balaban J connectivity index is 0.000000326. The molecule has 0 fully saturated rings. The summed E-state index contributed by atoms with van der Waals surface area (Å²) in [7, 11) is -10.7. The number of esters is 2. The van der Waals surface area contributed by atoms with Crippen molar-refractivity contribution in [3.05, 3.63) is 130 Å². The number of nitrogens with two attached hydrogens (primary N) is 3. The number of nitrogens with zero attached hydrogens (tertiary/aromatic N) is 2. The van der Waals surface area contributed by atoms with Crippen LogP contribution in [0.2, 0.25) is 0 Å². The van der Waals surface area contributed by atoms with E-state index in [1.165, 1.54) is 6.07 Å². The number of ether oxygens (including phenoxy) is 5. The number of halogens is 6. The Kier molecular flexibility index (Phi) is 21.6. The number of nitrogens with one attached hydrogen (secondary N) is 1. The Morgan fingerprint density at radius 3 is 1.46 bits per heavy atom. The van der Waals surface area contributed by atoms with E-state index in [2.05, 4.69) is 19.4 Å². The third-order valence-electron chi connectivity index (χ3n) is 12.3. The number of sulfone groups is 2. The van der Waals surface area contributed by atoms with Gasteiger partial charge in [0.1, 0.15) is 34.5 Å². The standard InChI is InChI=1S/C33H38F3N3O8S2.C20H22F3N3O5S/c1-19-15-28(20(2)25-12-13-33(3,4)47-29(19)25)49(43,44)39-32(37)38-14-6-7-21(31(40)45-5)18-48(41,42)24-16-26(35)30(27(36)17-24)46-23-10-8-22(34)9-11-23;1-30-19(27)12(3-2-8-26-20(24)25)11-32(28,29)15-9-16(22)18(17(23)10-15)31-14-6-4-13(21)5-7-14/h8-11,15-17,21H,6-7,12-14,18H2,1-5H3,(H3,37,38,39);4-7,9-10,12H,2-3,8,11H2,1H3,(H4,24,25,26)/t21-;12-/m00/s1. The topological polar surface area (TPSA) is 298 Å². The lowest BCUT2D eigenvalue weighted by Crippen LogP contribution is -2.38. The van der Waals surface area contributed by atoms with Gasteiger partial charge in [0.15, 0.2) is 60.4 Å². The molecule has 0 saturated heterocycles. The van der Waals surface area contributed by atoms with Crippen LogP contribution in [-0.2, 0) is 55.2 Å². The summed E-state index contributed by atoms with van der Waals surface area (Å²) in [5.41, 5.74) is 17.9. The van der Waals surface area contributed by atoms with Gasteiger partial charge in [0.25, 0.3) is 10.0 Å². The normalized spacial score (nSPS) is 14.0. The molecule has 81 heavy (non-hydrogen) atoms. The molecule has 0 bridgehead atoms. The summed E-state index contributed by atoms with van der Waals surface area (Å²) in [6.45, 7) is 7.47. The second-order valence-corrected chi connectivity index (χ2v) is 24.7. The summed E-state index contributed by atoms with van der Waals surface area (Å²) in [5.74, 6) is -13.8. The molecule has 28 heteroatoms. The number of carbonyl (C=O) groups excluding carboxylic acids is 2. The minimum absolute atomic E-state index is 0.0316. The maximum Gasteiger partial charge on any atom is 0.309 e. The zero-order valence-electron chi connectivity index (χ0n) is 44.7. The molecule has 6 rings (SSSR count). The van der Waals surface area contributed by atoms with E-state index >= 15 is 0 Å². The van der Waals surface area contributed by atoms with Crippen LogP contribution in [0.1, 0.15) is 62.6 Å². The van der Waals surface area contributed by atoms with Crippen molar-refractivity contribution in [1.82, 2.24) is 4.72 Å². The summed E-state index contributed by atoms with van der Waals surface area (Å²) in [5, 5.41) is 0. The largest absolute Gasteiger partial charge is 0.487 e. The van der Waals surface area contributed by atoms with Crippen LogP contribution in [0, 0.1) is 60.6 Å². The first-order valence-electron chi connectivity index (χ1n) is 24.5. The molecule has 1 aliphatic rings. The average molecular weight is 1200 g/mol. The van der Waals surface area contributed by atoms with Gasteiger partial charge in [-0.3, -0.25) is 19.6 Å². The van der Waals surface area contributed by atoms with Crippen molar-refractivity contribution in [2.75, 3.05) is 38.8 Å². The lowest BCUT2D eigenvalue weighted by Gasteiger charge is -2.35. The number of aryl methyl sites for hydroxylation is 1. The Hall–Kier alpha value is -7.59. The van der Waals surface area contributed by atoms with Gasteiger partial charge >= 0.3 is 11.9 Å². The predicted molar refractivity (Wildman–Crippen MR) is 286 cm³/mol. The van der Waals surface area contributed by atoms with Gasteiger partial charge in [0, 0.05) is 13.1 Å². The van der Waals surface area contributed by atoms with Crippen LogP contribution in [0.15, 0.2) is 104 Å². The number of methoxy groups -OCH3 is 2. The number of hydrogen-bond donors (Lipinski definition) is 4. The lowest BCUT2D eigenvalue weighted by molar-refractivity contribution is -0.145. The lowest BCUT2D eigenvalue weighted by atomic mass is 9.90. The summed E-state index contributed by atoms with van der Waals surface area (Å²) in [6, 6.07) is 12.5. The van der Waals surface area contributed by atoms with E-state index in [1.54, 1.807) is 13.8 Å². The van der Waals surface area contributed by atoms with E-state index < -0.39 is 127 Å². The molecule has 2 atom stereocenters. The second kappa shape index (κ2) is 27.2. The molecule has 0 aliphatic carbocycles. The number of sulfonamides is 1. The third-order valence-corrected chi connectivity index (χ3v) is 17.4. The molecule has 1 heterocycles. The highest BCUT2D eigenvalue weighted by atomic mass is 32.2. The summed E-state index contributed by atoms with van der Waals surface area (Å²) >= 11 is 0. The molecule has 0 spiro atoms. The van der Waals surface area contributed by atoms with Gasteiger partial charge in [-0.15, -0.1) is 0 Å². The molecular formula is C53H60F6N6O13S3. The van der Waals surface area contributed by atoms with Crippen LogP contribution in [0.5, 0.6) is 28.7 Å². The molecule has 5 aromatic rings. The summed E-state index contributed by atoms with van der Waals surface area (Å²) in [6.07, 6.45) is 1.68. The molecule has 0 aromatic heterocycles. The first-order valence-corrected chi connectivity index (χ1v) is 29.3. The first-order chi connectivity index (χ1) is 37.9. The van der Waals surface area contributed by atoms with Gasteiger partial charge in [-0.25, -0.2) is 56.3 Å². The quantitative estimate of drug-likeness (QED) is 0.0169. The van der Waals surface area contributed by atoms with E-state index in [9.17, 15) is 61.2 Å². The van der Waals surface area contributed by atoms with Crippen molar-refractivity contribution in [2.24, 2.45) is 39.0 Å². The minimum Gasteiger partial charge on any atom is -0.487 e. The maximum absolute atomic E-state index is 14.8. The number of guanidine groups is 2. The van der Waals surface area contributed by atoms with E-state index in [0.717, 1.165) is 68.3 Å². The van der Waals surface area contributed by atoms with Gasteiger partial charge in [-0.1, -0.05) is 0 Å². The molecule has 0 amide bonds. The van der Waals surface area contributed by atoms with Gasteiger partial charge in [-0.2, -0.15) is 0 Å². The highest BCUT2D eigenvalue weighted by Gasteiger charge is 2.34. The molecule has 440 valence electrons. The molecule has 0 radical (unpaired) electrons. The zero-order valence-corrected chi connectivity index (χ0v) is 47.1. The number of benzene rings is 5. The van der Waals surface area contributed by atoms with Crippen molar-refractivity contribution in [3.8, 4) is 28.7 Å². The van der Waals surface area contributed by atoms with Crippen molar-refractivity contribution in [3.63, 3.8) is 0 Å². The minimum atomic E-state index is -4.43. The van der Waals surface area contributed by atoms with Crippen molar-refractivity contribution in [1.29, 1.82) is 0 Å². The van der Waals surface area contributed by atoms with Gasteiger partial charge in [0.05, 0.1) is 52.2 Å². The van der Waals surface area contributed by atoms with Crippen molar-refractivity contribution in [2.45, 2.75) is 86.5 Å². The van der Waals surface area contributed by atoms with Crippen LogP contribution < -0.4 is 36.1 Å². The average Bonchev–Trinajstić information content (AvgIpc) is 3.41. The van der Waals surface area contributed by atoms with Gasteiger partial charge in [-0.05, 0) is 162 Å². The first kappa shape index (κ1) is 64.2. The molecule has 0 unspecified atom stereocenters. The number of rotatable bonds is 22. The number of carbonyl (C=O) groups is 2. The third kappa shape index (κ3) is 17.7. The van der Waals surface area contributed by atoms with Crippen molar-refractivity contribution < 1.29 is 84.9 Å². The summed E-state index contributed by atoms with van der Waals surface area (Å²) < 4.78 is 191. The van der Waals surface area contributed by atoms with Crippen LogP contribution in [0.25, 0.3) is 0 Å². The van der Waals surface area contributed by atoms with E-state index in [4.69, 9.17) is 36.1 Å². The van der Waals surface area contributed by atoms with E-state index in [1.807, 2.05) is 13.8 Å². The van der Waals surface area contributed by atoms with E-state index in [0.29, 0.717) is 54.0 Å². The molecule has 7 N–H and O–H groups in total. The highest BCUT2D eigenvalue weighted by molar-refractivity contribution is 7.91. The molecular weight excluding hydrogens is 1140 g/mol. The fourth-order valence-electron chi connectivity index (χ4n) is 8.17.